The van der Waals surface area contributed by atoms with Gasteiger partial charge in [0.1, 0.15) is 17.4 Å². The summed E-state index contributed by atoms with van der Waals surface area (Å²) in [5.74, 6) is 0.710. The minimum Gasteiger partial charge on any atom is -0.450 e. The maximum Gasteiger partial charge on any atom is 0.196 e. The van der Waals surface area contributed by atoms with Crippen molar-refractivity contribution in [3.63, 3.8) is 0 Å². The first kappa shape index (κ1) is 16.5. The number of nitrogens with one attached hydrogen (secondary N) is 2. The van der Waals surface area contributed by atoms with Crippen LogP contribution < -0.4 is 5.32 Å². The van der Waals surface area contributed by atoms with Gasteiger partial charge in [-0.2, -0.15) is 0 Å². The summed E-state index contributed by atoms with van der Waals surface area (Å²) in [7, 11) is 0. The number of imidazole rings is 1. The van der Waals surface area contributed by atoms with Crippen LogP contribution in [0.5, 0.6) is 0 Å². The molecule has 3 heterocycles. The van der Waals surface area contributed by atoms with Crippen LogP contribution in [0.2, 0.25) is 0 Å². The number of furan rings is 1. The molecule has 5 aromatic rings. The number of aromatic nitrogens is 4. The van der Waals surface area contributed by atoms with Crippen molar-refractivity contribution in [1.29, 1.82) is 0 Å². The maximum atomic E-state index is 6.06. The summed E-state index contributed by atoms with van der Waals surface area (Å²) in [4.78, 5) is 16.2. The zero-order chi connectivity index (χ0) is 18.8. The molecule has 0 saturated heterocycles. The fraction of sp³-hybridized carbons (Fsp3) is 0.136. The number of hydrogen-bond acceptors (Lipinski definition) is 5. The summed E-state index contributed by atoms with van der Waals surface area (Å²) in [6.45, 7) is 0. The number of rotatable bonds is 6. The Hall–Kier alpha value is -3.67. The fourth-order valence-corrected chi connectivity index (χ4v) is 3.55. The molecule has 2 N–H and O–H groups in total. The quantitative estimate of drug-likeness (QED) is 0.465. The van der Waals surface area contributed by atoms with Gasteiger partial charge in [-0.3, -0.25) is 0 Å². The van der Waals surface area contributed by atoms with Gasteiger partial charge in [-0.25, -0.2) is 15.0 Å². The maximum absolute atomic E-state index is 6.06. The topological polar surface area (TPSA) is 79.6 Å². The van der Waals surface area contributed by atoms with Crippen LogP contribution in [0, 0.1) is 0 Å². The third-order valence-electron chi connectivity index (χ3n) is 4.84. The average Bonchev–Trinajstić information content (AvgIpc) is 3.37. The SMILES string of the molecule is c1ccc(C[C@@H](Cc2cnc[nH]2)Nc2ncnc3c2oc2ccccc23)cc1. The number of para-hydroxylation sites is 1. The first-order chi connectivity index (χ1) is 13.9. The molecule has 0 fully saturated rings. The largest absolute Gasteiger partial charge is 0.450 e. The summed E-state index contributed by atoms with van der Waals surface area (Å²) >= 11 is 0. The van der Waals surface area contributed by atoms with Crippen molar-refractivity contribution in [2.24, 2.45) is 0 Å². The van der Waals surface area contributed by atoms with E-state index in [4.69, 9.17) is 4.42 Å². The first-order valence-electron chi connectivity index (χ1n) is 9.27. The van der Waals surface area contributed by atoms with Crippen LogP contribution in [0.1, 0.15) is 11.3 Å². The second-order valence-electron chi connectivity index (χ2n) is 6.81. The molecule has 5 rings (SSSR count). The van der Waals surface area contributed by atoms with Crippen LogP contribution in [0.25, 0.3) is 22.1 Å². The third kappa shape index (κ3) is 3.20. The van der Waals surface area contributed by atoms with Crippen LogP contribution in [-0.4, -0.2) is 26.0 Å². The van der Waals surface area contributed by atoms with Gasteiger partial charge in [-0.1, -0.05) is 42.5 Å². The van der Waals surface area contributed by atoms with Gasteiger partial charge >= 0.3 is 0 Å². The van der Waals surface area contributed by atoms with Gasteiger partial charge in [0, 0.05) is 29.7 Å². The van der Waals surface area contributed by atoms with E-state index >= 15 is 0 Å². The van der Waals surface area contributed by atoms with Gasteiger partial charge in [-0.05, 0) is 24.1 Å². The Morgan fingerprint density at radius 3 is 2.68 bits per heavy atom. The molecule has 0 amide bonds. The van der Waals surface area contributed by atoms with Crippen LogP contribution >= 0.6 is 0 Å². The van der Waals surface area contributed by atoms with Crippen molar-refractivity contribution >= 4 is 27.9 Å². The molecule has 0 unspecified atom stereocenters. The van der Waals surface area contributed by atoms with Crippen molar-refractivity contribution < 1.29 is 4.42 Å². The predicted octanol–water partition coefficient (Wildman–Crippen LogP) is 4.37. The summed E-state index contributed by atoms with van der Waals surface area (Å²) in [6, 6.07) is 18.5. The number of H-pyrrole nitrogens is 1. The van der Waals surface area contributed by atoms with Gasteiger partial charge < -0.3 is 14.7 Å². The molecule has 3 aromatic heterocycles. The monoisotopic (exact) mass is 369 g/mol. The molecular formula is C22H19N5O. The van der Waals surface area contributed by atoms with E-state index < -0.39 is 0 Å². The van der Waals surface area contributed by atoms with E-state index in [0.29, 0.717) is 11.4 Å². The molecule has 0 saturated carbocycles. The molecule has 0 bridgehead atoms. The van der Waals surface area contributed by atoms with E-state index in [1.54, 1.807) is 12.7 Å². The molecule has 0 spiro atoms. The molecule has 2 aromatic carbocycles. The van der Waals surface area contributed by atoms with Crippen molar-refractivity contribution in [2.75, 3.05) is 5.32 Å². The molecule has 6 nitrogen and oxygen atoms in total. The predicted molar refractivity (Wildman–Crippen MR) is 109 cm³/mol. The minimum absolute atomic E-state index is 0.120. The van der Waals surface area contributed by atoms with Gasteiger partial charge in [-0.15, -0.1) is 0 Å². The molecule has 0 radical (unpaired) electrons. The number of anilines is 1. The normalized spacial score (nSPS) is 12.4. The Balaban J connectivity index is 1.51. The Labute approximate surface area is 161 Å². The summed E-state index contributed by atoms with van der Waals surface area (Å²) in [5, 5.41) is 4.57. The summed E-state index contributed by atoms with van der Waals surface area (Å²) < 4.78 is 6.06. The first-order valence-corrected chi connectivity index (χ1v) is 9.27. The lowest BCUT2D eigenvalue weighted by molar-refractivity contribution is 0.657. The van der Waals surface area contributed by atoms with E-state index in [1.807, 2.05) is 36.5 Å². The fourth-order valence-electron chi connectivity index (χ4n) is 3.55. The lowest BCUT2D eigenvalue weighted by atomic mass is 10.0. The number of fused-ring (bicyclic) bond motifs is 3. The highest BCUT2D eigenvalue weighted by atomic mass is 16.3. The number of hydrogen-bond donors (Lipinski definition) is 2. The number of aromatic amines is 1. The molecule has 0 aliphatic heterocycles. The molecule has 6 heteroatoms. The summed E-state index contributed by atoms with van der Waals surface area (Å²) in [5.41, 5.74) is 4.66. The number of benzene rings is 2. The van der Waals surface area contributed by atoms with Crippen molar-refractivity contribution in [3.8, 4) is 0 Å². The highest BCUT2D eigenvalue weighted by Crippen LogP contribution is 2.30. The van der Waals surface area contributed by atoms with E-state index in [0.717, 1.165) is 35.0 Å². The van der Waals surface area contributed by atoms with Gasteiger partial charge in [0.2, 0.25) is 0 Å². The average molecular weight is 369 g/mol. The standard InChI is InChI=1S/C22H19N5O/c1-2-6-15(7-3-1)10-16(11-17-12-23-13-24-17)27-22-21-20(25-14-26-22)18-8-4-5-9-19(18)28-21/h1-9,12-14,16H,10-11H2,(H,23,24)(H,25,26,27)/t16-/m0/s1. The Kier molecular flexibility index (Phi) is 4.21. The Morgan fingerprint density at radius 1 is 0.964 bits per heavy atom. The lowest BCUT2D eigenvalue weighted by Gasteiger charge is -2.19. The lowest BCUT2D eigenvalue weighted by Crippen LogP contribution is -2.26. The minimum atomic E-state index is 0.120. The molecule has 0 aliphatic carbocycles. The molecular weight excluding hydrogens is 350 g/mol. The number of nitrogens with zero attached hydrogens (tertiary/aromatic N) is 3. The van der Waals surface area contributed by atoms with Gasteiger partial charge in [0.25, 0.3) is 0 Å². The second-order valence-corrected chi connectivity index (χ2v) is 6.81. The van der Waals surface area contributed by atoms with E-state index in [-0.39, 0.29) is 6.04 Å². The zero-order valence-electron chi connectivity index (χ0n) is 15.2. The van der Waals surface area contributed by atoms with Crippen LogP contribution in [-0.2, 0) is 12.8 Å². The smallest absolute Gasteiger partial charge is 0.196 e. The van der Waals surface area contributed by atoms with E-state index in [1.165, 1.54) is 5.56 Å². The highest BCUT2D eigenvalue weighted by molar-refractivity contribution is 6.05. The van der Waals surface area contributed by atoms with Crippen LogP contribution in [0.3, 0.4) is 0 Å². The van der Waals surface area contributed by atoms with Crippen LogP contribution in [0.15, 0.2) is 77.9 Å². The van der Waals surface area contributed by atoms with Gasteiger partial charge in [0.15, 0.2) is 11.4 Å². The summed E-state index contributed by atoms with van der Waals surface area (Å²) in [6.07, 6.45) is 6.79. The van der Waals surface area contributed by atoms with E-state index in [2.05, 4.69) is 49.5 Å². The van der Waals surface area contributed by atoms with Gasteiger partial charge in [0.05, 0.1) is 6.33 Å². The van der Waals surface area contributed by atoms with Crippen LogP contribution in [0.4, 0.5) is 5.82 Å². The van der Waals surface area contributed by atoms with Crippen molar-refractivity contribution in [3.05, 3.63) is 84.7 Å². The van der Waals surface area contributed by atoms with Crippen molar-refractivity contribution in [2.45, 2.75) is 18.9 Å². The molecule has 1 atom stereocenters. The third-order valence-corrected chi connectivity index (χ3v) is 4.84. The van der Waals surface area contributed by atoms with Crippen molar-refractivity contribution in [1.82, 2.24) is 19.9 Å². The zero-order valence-corrected chi connectivity index (χ0v) is 15.2. The Bertz CT molecular complexity index is 1200. The second kappa shape index (κ2) is 7.15. The van der Waals surface area contributed by atoms with E-state index in [9.17, 15) is 0 Å². The molecule has 0 aliphatic rings. The highest BCUT2D eigenvalue weighted by Gasteiger charge is 2.17. The Morgan fingerprint density at radius 2 is 1.82 bits per heavy atom. The molecule has 28 heavy (non-hydrogen) atoms. The molecule has 138 valence electrons.